The van der Waals surface area contributed by atoms with Crippen molar-refractivity contribution < 1.29 is 13.9 Å². The molecule has 2 rings (SSSR count). The predicted molar refractivity (Wildman–Crippen MR) is 97.5 cm³/mol. The van der Waals surface area contributed by atoms with E-state index in [1.807, 2.05) is 12.1 Å². The Hall–Kier alpha value is -2.40. The van der Waals surface area contributed by atoms with Gasteiger partial charge in [-0.15, -0.1) is 0 Å². The number of hydrogen-bond donors (Lipinski definition) is 1. The fourth-order valence-electron chi connectivity index (χ4n) is 2.13. The highest BCUT2D eigenvalue weighted by Crippen LogP contribution is 2.22. The van der Waals surface area contributed by atoms with Crippen LogP contribution < -0.4 is 5.73 Å². The summed E-state index contributed by atoms with van der Waals surface area (Å²) in [4.78, 5) is 15.5. The predicted octanol–water partition coefficient (Wildman–Crippen LogP) is 4.82. The van der Waals surface area contributed by atoms with Crippen LogP contribution in [0.5, 0.6) is 0 Å². The van der Waals surface area contributed by atoms with E-state index >= 15 is 0 Å². The third-order valence-corrected chi connectivity index (χ3v) is 3.85. The van der Waals surface area contributed by atoms with Crippen molar-refractivity contribution in [3.63, 3.8) is 0 Å². The number of carbonyl (C=O) groups is 1. The third kappa shape index (κ3) is 5.29. The summed E-state index contributed by atoms with van der Waals surface area (Å²) in [5.74, 6) is -0.469. The summed E-state index contributed by atoms with van der Waals surface area (Å²) in [5.41, 5.74) is 7.77. The van der Waals surface area contributed by atoms with E-state index in [0.717, 1.165) is 5.56 Å². The van der Waals surface area contributed by atoms with Gasteiger partial charge in [0, 0.05) is 16.1 Å². The molecular formula is C19H20ClFN2O2. The number of aliphatic imine (C=N–C) groups is 1. The molecule has 0 saturated heterocycles. The van der Waals surface area contributed by atoms with Crippen molar-refractivity contribution >= 4 is 23.5 Å². The van der Waals surface area contributed by atoms with Crippen LogP contribution in [0.25, 0.3) is 0 Å². The van der Waals surface area contributed by atoms with Gasteiger partial charge in [0.2, 0.25) is 0 Å². The molecule has 6 heteroatoms. The van der Waals surface area contributed by atoms with Gasteiger partial charge in [-0.1, -0.05) is 56.6 Å². The summed E-state index contributed by atoms with van der Waals surface area (Å²) in [7, 11) is 0. The Kier molecular flexibility index (Phi) is 5.80. The van der Waals surface area contributed by atoms with Gasteiger partial charge >= 0.3 is 6.09 Å². The van der Waals surface area contributed by atoms with Crippen LogP contribution in [0.2, 0.25) is 5.02 Å². The molecule has 0 saturated carbocycles. The van der Waals surface area contributed by atoms with Gasteiger partial charge in [-0.3, -0.25) is 0 Å². The molecule has 4 nitrogen and oxygen atoms in total. The molecule has 0 radical (unpaired) electrons. The van der Waals surface area contributed by atoms with Crippen molar-refractivity contribution in [2.24, 2.45) is 10.7 Å². The topological polar surface area (TPSA) is 64.7 Å². The lowest BCUT2D eigenvalue weighted by Crippen LogP contribution is -2.17. The van der Waals surface area contributed by atoms with Gasteiger partial charge in [-0.25, -0.2) is 9.18 Å². The standard InChI is InChI=1S/C19H20ClFN2O2/c1-19(2,3)14-6-4-12(5-7-14)17(22)23-18(24)25-11-13-10-15(20)8-9-16(13)21/h4-10H,11H2,1-3H3,(H2,22,23,24). The van der Waals surface area contributed by atoms with Crippen LogP contribution in [0.3, 0.4) is 0 Å². The second-order valence-corrected chi connectivity index (χ2v) is 7.05. The minimum atomic E-state index is -0.892. The number of hydrogen-bond acceptors (Lipinski definition) is 2. The van der Waals surface area contributed by atoms with Crippen LogP contribution in [0.1, 0.15) is 37.5 Å². The minimum absolute atomic E-state index is 0.0182. The van der Waals surface area contributed by atoms with Gasteiger partial charge < -0.3 is 10.5 Å². The molecule has 2 aromatic carbocycles. The SMILES string of the molecule is CC(C)(C)c1ccc(C(N)=NC(=O)OCc2cc(Cl)ccc2F)cc1. The summed E-state index contributed by atoms with van der Waals surface area (Å²) in [5, 5.41) is 0.356. The summed E-state index contributed by atoms with van der Waals surface area (Å²) >= 11 is 5.79. The largest absolute Gasteiger partial charge is 0.443 e. The highest BCUT2D eigenvalue weighted by atomic mass is 35.5. The van der Waals surface area contributed by atoms with Crippen LogP contribution in [0, 0.1) is 5.82 Å². The molecule has 0 fully saturated rings. The molecule has 0 unspecified atom stereocenters. The molecule has 1 amide bonds. The highest BCUT2D eigenvalue weighted by molar-refractivity contribution is 6.30. The number of carbonyl (C=O) groups excluding carboxylic acids is 1. The Bertz CT molecular complexity index is 796. The summed E-state index contributed by atoms with van der Waals surface area (Å²) < 4.78 is 18.5. The van der Waals surface area contributed by atoms with Crippen molar-refractivity contribution in [1.82, 2.24) is 0 Å². The van der Waals surface area contributed by atoms with Gasteiger partial charge in [0.1, 0.15) is 18.3 Å². The molecule has 0 aromatic heterocycles. The second kappa shape index (κ2) is 7.66. The first-order valence-electron chi connectivity index (χ1n) is 7.72. The smallest absolute Gasteiger partial charge is 0.435 e. The summed E-state index contributed by atoms with van der Waals surface area (Å²) in [6, 6.07) is 11.5. The minimum Gasteiger partial charge on any atom is -0.443 e. The van der Waals surface area contributed by atoms with E-state index in [1.165, 1.54) is 18.2 Å². The fraction of sp³-hybridized carbons (Fsp3) is 0.263. The first kappa shape index (κ1) is 18.9. The molecule has 0 aliphatic rings. The van der Waals surface area contributed by atoms with Gasteiger partial charge in [0.05, 0.1) is 0 Å². The zero-order valence-corrected chi connectivity index (χ0v) is 15.1. The molecule has 0 aliphatic carbocycles. The van der Waals surface area contributed by atoms with Gasteiger partial charge in [-0.2, -0.15) is 4.99 Å². The molecule has 25 heavy (non-hydrogen) atoms. The Morgan fingerprint density at radius 2 is 1.84 bits per heavy atom. The molecule has 0 spiro atoms. The van der Waals surface area contributed by atoms with Gasteiger partial charge in [0.25, 0.3) is 0 Å². The number of ether oxygens (including phenoxy) is 1. The number of amides is 1. The number of rotatable bonds is 3. The maximum Gasteiger partial charge on any atom is 0.435 e. The van der Waals surface area contributed by atoms with E-state index in [9.17, 15) is 9.18 Å². The van der Waals surface area contributed by atoms with Crippen LogP contribution in [-0.2, 0) is 16.8 Å². The molecule has 2 aromatic rings. The molecule has 2 N–H and O–H groups in total. The van der Waals surface area contributed by atoms with Crippen molar-refractivity contribution in [3.05, 3.63) is 70.0 Å². The zero-order chi connectivity index (χ0) is 18.6. The number of benzene rings is 2. The van der Waals surface area contributed by atoms with Crippen molar-refractivity contribution in [2.45, 2.75) is 32.8 Å². The molecule has 0 heterocycles. The highest BCUT2D eigenvalue weighted by Gasteiger charge is 2.14. The van der Waals surface area contributed by atoms with E-state index in [-0.39, 0.29) is 23.4 Å². The van der Waals surface area contributed by atoms with Gasteiger partial charge in [0.15, 0.2) is 0 Å². The first-order chi connectivity index (χ1) is 11.7. The quantitative estimate of drug-likeness (QED) is 0.629. The number of halogens is 2. The van der Waals surface area contributed by atoms with Crippen LogP contribution in [-0.4, -0.2) is 11.9 Å². The Morgan fingerprint density at radius 1 is 1.20 bits per heavy atom. The monoisotopic (exact) mass is 362 g/mol. The fourth-order valence-corrected chi connectivity index (χ4v) is 2.32. The van der Waals surface area contributed by atoms with Crippen LogP contribution >= 0.6 is 11.6 Å². The Balaban J connectivity index is 2.03. The number of nitrogens with zero attached hydrogens (tertiary/aromatic N) is 1. The summed E-state index contributed by atoms with van der Waals surface area (Å²) in [6.45, 7) is 6.04. The number of nitrogens with two attached hydrogens (primary N) is 1. The molecule has 0 bridgehead atoms. The third-order valence-electron chi connectivity index (χ3n) is 3.62. The second-order valence-electron chi connectivity index (χ2n) is 6.61. The average Bonchev–Trinajstić information content (AvgIpc) is 2.55. The lowest BCUT2D eigenvalue weighted by atomic mass is 9.87. The molecular weight excluding hydrogens is 343 g/mol. The van der Waals surface area contributed by atoms with E-state index in [4.69, 9.17) is 22.1 Å². The maximum atomic E-state index is 13.6. The van der Waals surface area contributed by atoms with Gasteiger partial charge in [-0.05, 0) is 29.2 Å². The molecule has 132 valence electrons. The lowest BCUT2D eigenvalue weighted by molar-refractivity contribution is 0.149. The molecule has 0 aliphatic heterocycles. The average molecular weight is 363 g/mol. The summed E-state index contributed by atoms with van der Waals surface area (Å²) in [6.07, 6.45) is -0.892. The lowest BCUT2D eigenvalue weighted by Gasteiger charge is -2.19. The molecule has 0 atom stereocenters. The van der Waals surface area contributed by atoms with E-state index in [0.29, 0.717) is 10.6 Å². The van der Waals surface area contributed by atoms with Crippen molar-refractivity contribution in [3.8, 4) is 0 Å². The van der Waals surface area contributed by atoms with Crippen molar-refractivity contribution in [1.29, 1.82) is 0 Å². The Labute approximate surface area is 151 Å². The van der Waals surface area contributed by atoms with E-state index in [2.05, 4.69) is 25.8 Å². The maximum absolute atomic E-state index is 13.6. The number of amidine groups is 1. The first-order valence-corrected chi connectivity index (χ1v) is 8.10. The Morgan fingerprint density at radius 3 is 2.44 bits per heavy atom. The van der Waals surface area contributed by atoms with Crippen LogP contribution in [0.4, 0.5) is 9.18 Å². The van der Waals surface area contributed by atoms with E-state index in [1.54, 1.807) is 12.1 Å². The van der Waals surface area contributed by atoms with Crippen molar-refractivity contribution in [2.75, 3.05) is 0 Å². The zero-order valence-electron chi connectivity index (χ0n) is 14.3. The van der Waals surface area contributed by atoms with Crippen LogP contribution in [0.15, 0.2) is 47.5 Å². The normalized spacial score (nSPS) is 12.1. The van der Waals surface area contributed by atoms with E-state index < -0.39 is 11.9 Å².